The molecule has 1 heterocycles. The third-order valence-electron chi connectivity index (χ3n) is 3.42. The zero-order chi connectivity index (χ0) is 13.9. The van der Waals surface area contributed by atoms with E-state index in [4.69, 9.17) is 21.1 Å². The van der Waals surface area contributed by atoms with Gasteiger partial charge in [0.2, 0.25) is 6.79 Å². The van der Waals surface area contributed by atoms with E-state index in [2.05, 4.69) is 12.2 Å². The second kappa shape index (κ2) is 5.73. The largest absolute Gasteiger partial charge is 0.454 e. The predicted octanol–water partition coefficient (Wildman–Crippen LogP) is 3.92. The molecule has 4 heteroatoms. The molecule has 0 saturated carbocycles. The van der Waals surface area contributed by atoms with E-state index in [9.17, 15) is 0 Å². The molecule has 20 heavy (non-hydrogen) atoms. The summed E-state index contributed by atoms with van der Waals surface area (Å²) in [5, 5.41) is 4.26. The van der Waals surface area contributed by atoms with Crippen LogP contribution in [-0.4, -0.2) is 6.79 Å². The Kier molecular flexibility index (Phi) is 3.81. The summed E-state index contributed by atoms with van der Waals surface area (Å²) < 4.78 is 10.7. The van der Waals surface area contributed by atoms with Gasteiger partial charge in [-0.05, 0) is 36.2 Å². The number of fused-ring (bicyclic) bond motifs is 1. The number of hydrogen-bond donors (Lipinski definition) is 1. The highest BCUT2D eigenvalue weighted by atomic mass is 35.5. The molecular weight excluding hydrogens is 274 g/mol. The van der Waals surface area contributed by atoms with Gasteiger partial charge in [0.15, 0.2) is 11.5 Å². The smallest absolute Gasteiger partial charge is 0.231 e. The first kappa shape index (κ1) is 13.3. The number of benzene rings is 2. The fourth-order valence-electron chi connectivity index (χ4n) is 2.26. The Morgan fingerprint density at radius 1 is 1.15 bits per heavy atom. The van der Waals surface area contributed by atoms with E-state index in [1.807, 2.05) is 42.5 Å². The number of halogens is 1. The van der Waals surface area contributed by atoms with Gasteiger partial charge in [0.1, 0.15) is 0 Å². The molecule has 0 unspecified atom stereocenters. The summed E-state index contributed by atoms with van der Waals surface area (Å²) in [5.74, 6) is 1.63. The van der Waals surface area contributed by atoms with Crippen LogP contribution in [0.1, 0.15) is 24.1 Å². The normalized spacial score (nSPS) is 14.3. The Balaban J connectivity index is 1.66. The molecule has 2 aromatic rings. The van der Waals surface area contributed by atoms with E-state index >= 15 is 0 Å². The number of hydrogen-bond acceptors (Lipinski definition) is 3. The van der Waals surface area contributed by atoms with Crippen LogP contribution < -0.4 is 14.8 Å². The van der Waals surface area contributed by atoms with Gasteiger partial charge in [0, 0.05) is 17.6 Å². The molecule has 0 bridgehead atoms. The second-order valence-electron chi connectivity index (χ2n) is 4.81. The van der Waals surface area contributed by atoms with Crippen molar-refractivity contribution in [1.29, 1.82) is 0 Å². The van der Waals surface area contributed by atoms with Gasteiger partial charge >= 0.3 is 0 Å². The van der Waals surface area contributed by atoms with E-state index < -0.39 is 0 Å². The van der Waals surface area contributed by atoms with E-state index in [-0.39, 0.29) is 6.04 Å². The minimum Gasteiger partial charge on any atom is -0.454 e. The molecule has 0 aromatic heterocycles. The molecule has 0 amide bonds. The number of nitrogens with one attached hydrogen (secondary N) is 1. The summed E-state index contributed by atoms with van der Waals surface area (Å²) in [7, 11) is 0. The fourth-order valence-corrected chi connectivity index (χ4v) is 2.56. The van der Waals surface area contributed by atoms with Gasteiger partial charge in [-0.3, -0.25) is 0 Å². The Hall–Kier alpha value is -1.71. The molecule has 0 radical (unpaired) electrons. The zero-order valence-electron chi connectivity index (χ0n) is 11.2. The Bertz CT molecular complexity index is 615. The first-order valence-electron chi connectivity index (χ1n) is 6.60. The lowest BCUT2D eigenvalue weighted by Gasteiger charge is -2.15. The van der Waals surface area contributed by atoms with Crippen LogP contribution in [0.3, 0.4) is 0 Å². The average Bonchev–Trinajstić information content (AvgIpc) is 2.92. The highest BCUT2D eigenvalue weighted by molar-refractivity contribution is 6.31. The van der Waals surface area contributed by atoms with Crippen LogP contribution in [-0.2, 0) is 6.54 Å². The second-order valence-corrected chi connectivity index (χ2v) is 5.22. The highest BCUT2D eigenvalue weighted by Crippen LogP contribution is 2.32. The topological polar surface area (TPSA) is 30.5 Å². The summed E-state index contributed by atoms with van der Waals surface area (Å²) in [4.78, 5) is 0. The van der Waals surface area contributed by atoms with Crippen LogP contribution in [0.5, 0.6) is 11.5 Å². The summed E-state index contributed by atoms with van der Waals surface area (Å²) in [6, 6.07) is 14.1. The van der Waals surface area contributed by atoms with Crippen LogP contribution in [0, 0.1) is 0 Å². The summed E-state index contributed by atoms with van der Waals surface area (Å²) in [6.45, 7) is 3.17. The quantitative estimate of drug-likeness (QED) is 0.925. The standard InChI is InChI=1S/C16H16ClNO2/c1-11(13-4-2-3-5-14(13)17)18-9-12-6-7-15-16(8-12)20-10-19-15/h2-8,11,18H,9-10H2,1H3/t11-/m0/s1. The number of ether oxygens (including phenoxy) is 2. The lowest BCUT2D eigenvalue weighted by molar-refractivity contribution is 0.174. The molecule has 104 valence electrons. The molecule has 1 atom stereocenters. The fraction of sp³-hybridized carbons (Fsp3) is 0.250. The molecular formula is C16H16ClNO2. The van der Waals surface area contributed by atoms with Gasteiger partial charge in [-0.15, -0.1) is 0 Å². The predicted molar refractivity (Wildman–Crippen MR) is 79.3 cm³/mol. The zero-order valence-corrected chi connectivity index (χ0v) is 12.0. The van der Waals surface area contributed by atoms with Gasteiger partial charge in [-0.25, -0.2) is 0 Å². The average molecular weight is 290 g/mol. The summed E-state index contributed by atoms with van der Waals surface area (Å²) >= 11 is 6.20. The van der Waals surface area contributed by atoms with Crippen molar-refractivity contribution >= 4 is 11.6 Å². The van der Waals surface area contributed by atoms with Crippen molar-refractivity contribution in [3.05, 3.63) is 58.6 Å². The molecule has 0 aliphatic carbocycles. The third-order valence-corrected chi connectivity index (χ3v) is 3.77. The van der Waals surface area contributed by atoms with Crippen molar-refractivity contribution in [2.45, 2.75) is 19.5 Å². The van der Waals surface area contributed by atoms with E-state index in [0.29, 0.717) is 6.79 Å². The first-order valence-corrected chi connectivity index (χ1v) is 6.98. The third kappa shape index (κ3) is 2.74. The van der Waals surface area contributed by atoms with Crippen molar-refractivity contribution < 1.29 is 9.47 Å². The lowest BCUT2D eigenvalue weighted by atomic mass is 10.1. The SMILES string of the molecule is C[C@H](NCc1ccc2c(c1)OCO2)c1ccccc1Cl. The molecule has 3 nitrogen and oxygen atoms in total. The van der Waals surface area contributed by atoms with Crippen LogP contribution in [0.15, 0.2) is 42.5 Å². The van der Waals surface area contributed by atoms with Crippen LogP contribution in [0.2, 0.25) is 5.02 Å². The molecule has 1 N–H and O–H groups in total. The highest BCUT2D eigenvalue weighted by Gasteiger charge is 2.14. The first-order chi connectivity index (χ1) is 9.74. The molecule has 0 spiro atoms. The van der Waals surface area contributed by atoms with Crippen LogP contribution >= 0.6 is 11.6 Å². The van der Waals surface area contributed by atoms with E-state index in [1.54, 1.807) is 0 Å². The van der Waals surface area contributed by atoms with Crippen molar-refractivity contribution in [3.63, 3.8) is 0 Å². The van der Waals surface area contributed by atoms with Gasteiger partial charge in [-0.2, -0.15) is 0 Å². The van der Waals surface area contributed by atoms with Gasteiger partial charge in [0.05, 0.1) is 0 Å². The van der Waals surface area contributed by atoms with E-state index in [1.165, 1.54) is 0 Å². The van der Waals surface area contributed by atoms with Crippen LogP contribution in [0.4, 0.5) is 0 Å². The molecule has 2 aromatic carbocycles. The van der Waals surface area contributed by atoms with Gasteiger partial charge in [0.25, 0.3) is 0 Å². The Morgan fingerprint density at radius 2 is 1.95 bits per heavy atom. The molecule has 3 rings (SSSR count). The van der Waals surface area contributed by atoms with Crippen molar-refractivity contribution in [1.82, 2.24) is 5.32 Å². The molecule has 0 fully saturated rings. The lowest BCUT2D eigenvalue weighted by Crippen LogP contribution is -2.18. The van der Waals surface area contributed by atoms with Crippen LogP contribution in [0.25, 0.3) is 0 Å². The molecule has 1 aliphatic rings. The Morgan fingerprint density at radius 3 is 2.80 bits per heavy atom. The minimum atomic E-state index is 0.189. The maximum absolute atomic E-state index is 6.20. The maximum Gasteiger partial charge on any atom is 0.231 e. The monoisotopic (exact) mass is 289 g/mol. The summed E-state index contributed by atoms with van der Waals surface area (Å²) in [5.41, 5.74) is 2.27. The van der Waals surface area contributed by atoms with Crippen molar-refractivity contribution in [2.24, 2.45) is 0 Å². The van der Waals surface area contributed by atoms with E-state index in [0.717, 1.165) is 34.2 Å². The van der Waals surface area contributed by atoms with Crippen molar-refractivity contribution in [3.8, 4) is 11.5 Å². The molecule has 0 saturated heterocycles. The number of rotatable bonds is 4. The molecule has 1 aliphatic heterocycles. The van der Waals surface area contributed by atoms with Gasteiger partial charge < -0.3 is 14.8 Å². The van der Waals surface area contributed by atoms with Crippen molar-refractivity contribution in [2.75, 3.05) is 6.79 Å². The minimum absolute atomic E-state index is 0.189. The Labute approximate surface area is 123 Å². The van der Waals surface area contributed by atoms with Gasteiger partial charge in [-0.1, -0.05) is 35.9 Å². The summed E-state index contributed by atoms with van der Waals surface area (Å²) in [6.07, 6.45) is 0. The maximum atomic E-state index is 6.20.